The third-order valence-corrected chi connectivity index (χ3v) is 11.2. The molecule has 0 aromatic heterocycles. The summed E-state index contributed by atoms with van der Waals surface area (Å²) in [6.45, 7) is 9.85. The standard InChI is InChI=1S/C28H46O2S/c1-18(16-26(29)30)6-5-7-19(2)23-10-11-24-22-9-8-20-17-21(31)12-14-27(20,3)25(22)13-15-28(23,24)4/h8,18-19,21-25,31H,5-7,9-17H2,1-4H3,(H,29,30)/t18?,19-,21+,22+,23-,24+,25+,27+,28-/m1/s1. The number of aliphatic carboxylic acids is 1. The summed E-state index contributed by atoms with van der Waals surface area (Å²) in [4.78, 5) is 10.9. The van der Waals surface area contributed by atoms with Crippen molar-refractivity contribution in [3.05, 3.63) is 11.6 Å². The number of carbonyl (C=O) groups is 1. The first-order valence-electron chi connectivity index (χ1n) is 13.2. The minimum Gasteiger partial charge on any atom is -0.481 e. The smallest absolute Gasteiger partial charge is 0.303 e. The molecule has 9 atom stereocenters. The van der Waals surface area contributed by atoms with Crippen LogP contribution in [0.15, 0.2) is 11.6 Å². The molecular weight excluding hydrogens is 400 g/mol. The minimum absolute atomic E-state index is 0.309. The van der Waals surface area contributed by atoms with Crippen LogP contribution in [0.4, 0.5) is 0 Å². The van der Waals surface area contributed by atoms with E-state index in [0.717, 1.165) is 36.0 Å². The first kappa shape index (κ1) is 23.7. The van der Waals surface area contributed by atoms with E-state index < -0.39 is 5.97 Å². The van der Waals surface area contributed by atoms with Crippen LogP contribution >= 0.6 is 12.6 Å². The predicted octanol–water partition coefficient (Wildman–Crippen LogP) is 7.78. The zero-order valence-electron chi connectivity index (χ0n) is 20.4. The van der Waals surface area contributed by atoms with Gasteiger partial charge < -0.3 is 5.11 Å². The third-order valence-electron chi connectivity index (χ3n) is 10.7. The Bertz CT molecular complexity index is 701. The Morgan fingerprint density at radius 3 is 2.65 bits per heavy atom. The summed E-state index contributed by atoms with van der Waals surface area (Å²) in [5, 5.41) is 9.60. The van der Waals surface area contributed by atoms with Gasteiger partial charge in [-0.1, -0.05) is 58.6 Å². The van der Waals surface area contributed by atoms with Gasteiger partial charge in [0.05, 0.1) is 0 Å². The zero-order valence-corrected chi connectivity index (χ0v) is 21.3. The summed E-state index contributed by atoms with van der Waals surface area (Å²) < 4.78 is 0. The molecule has 4 aliphatic rings. The average molecular weight is 447 g/mol. The average Bonchev–Trinajstić information content (AvgIpc) is 3.05. The highest BCUT2D eigenvalue weighted by atomic mass is 32.1. The predicted molar refractivity (Wildman–Crippen MR) is 132 cm³/mol. The van der Waals surface area contributed by atoms with Crippen molar-refractivity contribution < 1.29 is 9.90 Å². The van der Waals surface area contributed by atoms with Crippen LogP contribution in [0.1, 0.15) is 105 Å². The van der Waals surface area contributed by atoms with Crippen molar-refractivity contribution in [2.75, 3.05) is 0 Å². The van der Waals surface area contributed by atoms with Gasteiger partial charge in [-0.25, -0.2) is 0 Å². The van der Waals surface area contributed by atoms with Crippen molar-refractivity contribution in [3.8, 4) is 0 Å². The second-order valence-electron chi connectivity index (χ2n) is 12.5. The Morgan fingerprint density at radius 1 is 1.13 bits per heavy atom. The molecule has 0 saturated heterocycles. The lowest BCUT2D eigenvalue weighted by atomic mass is 9.47. The van der Waals surface area contributed by atoms with E-state index in [2.05, 4.69) is 33.8 Å². The molecule has 176 valence electrons. The van der Waals surface area contributed by atoms with E-state index >= 15 is 0 Å². The van der Waals surface area contributed by atoms with Crippen LogP contribution in [0, 0.1) is 46.3 Å². The van der Waals surface area contributed by atoms with Crippen LogP contribution < -0.4 is 0 Å². The highest BCUT2D eigenvalue weighted by Crippen LogP contribution is 2.67. The van der Waals surface area contributed by atoms with E-state index in [0.29, 0.717) is 28.4 Å². The lowest BCUT2D eigenvalue weighted by Crippen LogP contribution is -2.50. The van der Waals surface area contributed by atoms with Crippen molar-refractivity contribution in [2.24, 2.45) is 46.3 Å². The second kappa shape index (κ2) is 9.07. The molecule has 0 bridgehead atoms. The van der Waals surface area contributed by atoms with Crippen LogP contribution in [0.25, 0.3) is 0 Å². The van der Waals surface area contributed by atoms with Gasteiger partial charge in [-0.15, -0.1) is 0 Å². The third kappa shape index (κ3) is 4.38. The topological polar surface area (TPSA) is 37.3 Å². The van der Waals surface area contributed by atoms with E-state index in [1.807, 2.05) is 0 Å². The monoisotopic (exact) mass is 446 g/mol. The van der Waals surface area contributed by atoms with Gasteiger partial charge >= 0.3 is 5.97 Å². The molecule has 2 nitrogen and oxygen atoms in total. The molecule has 0 spiro atoms. The quantitative estimate of drug-likeness (QED) is 0.309. The van der Waals surface area contributed by atoms with E-state index in [-0.39, 0.29) is 0 Å². The zero-order chi connectivity index (χ0) is 22.4. The maximum atomic E-state index is 10.9. The molecule has 3 saturated carbocycles. The van der Waals surface area contributed by atoms with Crippen LogP contribution in [0.5, 0.6) is 0 Å². The highest BCUT2D eigenvalue weighted by molar-refractivity contribution is 7.80. The molecule has 31 heavy (non-hydrogen) atoms. The highest BCUT2D eigenvalue weighted by Gasteiger charge is 2.58. The molecule has 1 N–H and O–H groups in total. The molecule has 3 heteroatoms. The van der Waals surface area contributed by atoms with Crippen molar-refractivity contribution >= 4 is 18.6 Å². The number of thiol groups is 1. The van der Waals surface area contributed by atoms with Gasteiger partial charge in [0.1, 0.15) is 0 Å². The molecule has 4 aliphatic carbocycles. The van der Waals surface area contributed by atoms with Gasteiger partial charge in [-0.2, -0.15) is 12.6 Å². The molecule has 3 fully saturated rings. The van der Waals surface area contributed by atoms with Crippen LogP contribution in [-0.4, -0.2) is 16.3 Å². The van der Waals surface area contributed by atoms with E-state index in [1.54, 1.807) is 5.57 Å². The first-order valence-corrected chi connectivity index (χ1v) is 13.8. The fourth-order valence-electron chi connectivity index (χ4n) is 9.01. The number of hydrogen-bond donors (Lipinski definition) is 2. The van der Waals surface area contributed by atoms with Crippen molar-refractivity contribution in [1.82, 2.24) is 0 Å². The fourth-order valence-corrected chi connectivity index (χ4v) is 9.33. The fraction of sp³-hybridized carbons (Fsp3) is 0.893. The van der Waals surface area contributed by atoms with Crippen LogP contribution in [0.2, 0.25) is 0 Å². The second-order valence-corrected chi connectivity index (χ2v) is 13.2. The van der Waals surface area contributed by atoms with Crippen molar-refractivity contribution in [2.45, 2.75) is 110 Å². The normalized spacial score (nSPS) is 43.9. The van der Waals surface area contributed by atoms with Crippen LogP contribution in [0.3, 0.4) is 0 Å². The molecule has 0 radical (unpaired) electrons. The first-order chi connectivity index (χ1) is 14.6. The minimum atomic E-state index is -0.648. The molecule has 0 aliphatic heterocycles. The lowest BCUT2D eigenvalue weighted by Gasteiger charge is -2.58. The SMILES string of the molecule is CC(CCC[C@@H](C)[C@H]1CC[C@H]2[C@@H]3CC=C4C[C@@H](S)CC[C@]4(C)[C@H]3CC[C@]12C)CC(=O)O. The summed E-state index contributed by atoms with van der Waals surface area (Å²) in [6.07, 6.45) is 17.4. The van der Waals surface area contributed by atoms with E-state index in [9.17, 15) is 4.79 Å². The molecule has 4 rings (SSSR count). The summed E-state index contributed by atoms with van der Waals surface area (Å²) in [5.74, 6) is 4.00. The van der Waals surface area contributed by atoms with Gasteiger partial charge in [-0.05, 0) is 97.7 Å². The molecule has 0 amide bonds. The van der Waals surface area contributed by atoms with Gasteiger partial charge in [0.2, 0.25) is 0 Å². The van der Waals surface area contributed by atoms with Gasteiger partial charge in [0.15, 0.2) is 0 Å². The lowest BCUT2D eigenvalue weighted by molar-refractivity contribution is -0.138. The summed E-state index contributed by atoms with van der Waals surface area (Å²) in [7, 11) is 0. The number of carboxylic acids is 1. The molecule has 0 aromatic rings. The summed E-state index contributed by atoms with van der Waals surface area (Å²) in [6, 6.07) is 0. The summed E-state index contributed by atoms with van der Waals surface area (Å²) in [5.41, 5.74) is 2.73. The largest absolute Gasteiger partial charge is 0.481 e. The Morgan fingerprint density at radius 2 is 1.90 bits per heavy atom. The molecule has 1 unspecified atom stereocenters. The number of allylic oxidation sites excluding steroid dienone is 2. The Balaban J connectivity index is 1.41. The maximum Gasteiger partial charge on any atom is 0.303 e. The molecule has 0 heterocycles. The number of rotatable bonds is 7. The molecule has 0 aromatic carbocycles. The number of hydrogen-bond acceptors (Lipinski definition) is 2. The van der Waals surface area contributed by atoms with Gasteiger partial charge in [-0.3, -0.25) is 4.79 Å². The summed E-state index contributed by atoms with van der Waals surface area (Å²) >= 11 is 4.83. The van der Waals surface area contributed by atoms with Gasteiger partial charge in [0, 0.05) is 11.7 Å². The van der Waals surface area contributed by atoms with E-state index in [4.69, 9.17) is 17.7 Å². The van der Waals surface area contributed by atoms with E-state index in [1.165, 1.54) is 64.2 Å². The molecular formula is C28H46O2S. The number of fused-ring (bicyclic) bond motifs is 5. The Kier molecular flexibility index (Phi) is 6.94. The number of carboxylic acid groups (broad SMARTS) is 1. The van der Waals surface area contributed by atoms with Gasteiger partial charge in [0.25, 0.3) is 0 Å². The Hall–Kier alpha value is -0.440. The van der Waals surface area contributed by atoms with Crippen LogP contribution in [-0.2, 0) is 4.79 Å². The van der Waals surface area contributed by atoms with Crippen molar-refractivity contribution in [3.63, 3.8) is 0 Å². The Labute approximate surface area is 196 Å². The maximum absolute atomic E-state index is 10.9. The van der Waals surface area contributed by atoms with Crippen molar-refractivity contribution in [1.29, 1.82) is 0 Å².